The second kappa shape index (κ2) is 5.17. The zero-order chi connectivity index (χ0) is 11.5. The van der Waals surface area contributed by atoms with Crippen LogP contribution in [0.1, 0.15) is 39.5 Å². The molecule has 0 radical (unpaired) electrons. The van der Waals surface area contributed by atoms with Crippen LogP contribution < -0.4 is 10.6 Å². The highest BCUT2D eigenvalue weighted by Gasteiger charge is 2.35. The summed E-state index contributed by atoms with van der Waals surface area (Å²) >= 11 is 0. The second-order valence-electron chi connectivity index (χ2n) is 5.61. The fraction of sp³-hybridized carbons (Fsp3) is 0.923. The van der Waals surface area contributed by atoms with Crippen LogP contribution in [0, 0.1) is 17.8 Å². The van der Waals surface area contributed by atoms with Gasteiger partial charge in [0, 0.05) is 12.0 Å². The number of hydrogen-bond acceptors (Lipinski definition) is 2. The summed E-state index contributed by atoms with van der Waals surface area (Å²) in [6.07, 6.45) is 4.53. The maximum atomic E-state index is 12.1. The third-order valence-electron chi connectivity index (χ3n) is 4.14. The molecule has 0 aromatic carbocycles. The molecule has 2 aliphatic rings. The van der Waals surface area contributed by atoms with Crippen molar-refractivity contribution in [1.82, 2.24) is 10.6 Å². The molecule has 16 heavy (non-hydrogen) atoms. The van der Waals surface area contributed by atoms with Crippen molar-refractivity contribution in [3.63, 3.8) is 0 Å². The van der Waals surface area contributed by atoms with Gasteiger partial charge in [0.25, 0.3) is 0 Å². The standard InChI is InChI=1S/C13H24N2O/c1-3-9(2)15-13(16)12-5-10-4-11(6-12)8-14-7-10/h9-12,14H,3-8H2,1-2H3,(H,15,16). The fourth-order valence-electron chi connectivity index (χ4n) is 3.07. The van der Waals surface area contributed by atoms with Gasteiger partial charge in [-0.3, -0.25) is 4.79 Å². The normalized spacial score (nSPS) is 35.5. The number of nitrogens with one attached hydrogen (secondary N) is 2. The van der Waals surface area contributed by atoms with Crippen LogP contribution in [-0.2, 0) is 4.79 Å². The Balaban J connectivity index is 1.87. The first-order valence-corrected chi connectivity index (χ1v) is 6.70. The predicted molar refractivity (Wildman–Crippen MR) is 65.1 cm³/mol. The highest BCUT2D eigenvalue weighted by Crippen LogP contribution is 2.35. The van der Waals surface area contributed by atoms with E-state index in [2.05, 4.69) is 24.5 Å². The van der Waals surface area contributed by atoms with Crippen molar-refractivity contribution in [2.24, 2.45) is 17.8 Å². The largest absolute Gasteiger partial charge is 0.353 e. The van der Waals surface area contributed by atoms with Gasteiger partial charge in [0.2, 0.25) is 5.91 Å². The van der Waals surface area contributed by atoms with Crippen LogP contribution in [0.2, 0.25) is 0 Å². The van der Waals surface area contributed by atoms with Crippen LogP contribution in [-0.4, -0.2) is 25.0 Å². The van der Waals surface area contributed by atoms with E-state index in [1.165, 1.54) is 6.42 Å². The van der Waals surface area contributed by atoms with E-state index >= 15 is 0 Å². The van der Waals surface area contributed by atoms with Gasteiger partial charge >= 0.3 is 0 Å². The molecule has 1 saturated carbocycles. The van der Waals surface area contributed by atoms with Gasteiger partial charge in [-0.15, -0.1) is 0 Å². The Bertz CT molecular complexity index is 242. The lowest BCUT2D eigenvalue weighted by Crippen LogP contribution is -2.46. The monoisotopic (exact) mass is 224 g/mol. The molecule has 3 heteroatoms. The van der Waals surface area contributed by atoms with Gasteiger partial charge in [-0.05, 0) is 57.5 Å². The number of fused-ring (bicyclic) bond motifs is 2. The molecule has 1 saturated heterocycles. The minimum Gasteiger partial charge on any atom is -0.353 e. The Morgan fingerprint density at radius 3 is 2.50 bits per heavy atom. The predicted octanol–water partition coefficient (Wildman–Crippen LogP) is 1.54. The summed E-state index contributed by atoms with van der Waals surface area (Å²) in [7, 11) is 0. The molecule has 1 aliphatic carbocycles. The molecular weight excluding hydrogens is 200 g/mol. The zero-order valence-corrected chi connectivity index (χ0v) is 10.5. The average Bonchev–Trinajstić information content (AvgIpc) is 2.28. The van der Waals surface area contributed by atoms with Crippen molar-refractivity contribution in [2.75, 3.05) is 13.1 Å². The Morgan fingerprint density at radius 2 is 1.94 bits per heavy atom. The molecule has 1 amide bonds. The van der Waals surface area contributed by atoms with Gasteiger partial charge < -0.3 is 10.6 Å². The van der Waals surface area contributed by atoms with Crippen LogP contribution >= 0.6 is 0 Å². The highest BCUT2D eigenvalue weighted by atomic mass is 16.1. The molecule has 2 fully saturated rings. The van der Waals surface area contributed by atoms with E-state index in [1.807, 2.05) is 0 Å². The van der Waals surface area contributed by atoms with Gasteiger partial charge in [-0.1, -0.05) is 6.92 Å². The van der Waals surface area contributed by atoms with Gasteiger partial charge in [-0.25, -0.2) is 0 Å². The van der Waals surface area contributed by atoms with Crippen LogP contribution in [0.15, 0.2) is 0 Å². The molecule has 92 valence electrons. The number of carbonyl (C=O) groups is 1. The van der Waals surface area contributed by atoms with E-state index in [0.29, 0.717) is 11.9 Å². The molecule has 1 heterocycles. The molecule has 3 nitrogen and oxygen atoms in total. The maximum absolute atomic E-state index is 12.1. The van der Waals surface area contributed by atoms with E-state index in [-0.39, 0.29) is 5.92 Å². The molecule has 3 unspecified atom stereocenters. The quantitative estimate of drug-likeness (QED) is 0.763. The van der Waals surface area contributed by atoms with E-state index in [9.17, 15) is 4.79 Å². The lowest BCUT2D eigenvalue weighted by atomic mass is 9.72. The maximum Gasteiger partial charge on any atom is 0.223 e. The van der Waals surface area contributed by atoms with Crippen molar-refractivity contribution >= 4 is 5.91 Å². The average molecular weight is 224 g/mol. The highest BCUT2D eigenvalue weighted by molar-refractivity contribution is 5.79. The Kier molecular flexibility index (Phi) is 3.85. The van der Waals surface area contributed by atoms with Crippen molar-refractivity contribution in [3.8, 4) is 0 Å². The first-order chi connectivity index (χ1) is 7.69. The minimum atomic E-state index is 0.278. The number of carbonyl (C=O) groups excluding carboxylic acids is 1. The zero-order valence-electron chi connectivity index (χ0n) is 10.5. The van der Waals surface area contributed by atoms with E-state index in [0.717, 1.165) is 44.2 Å². The molecular formula is C13H24N2O. The Morgan fingerprint density at radius 1 is 1.31 bits per heavy atom. The van der Waals surface area contributed by atoms with Crippen LogP contribution in [0.25, 0.3) is 0 Å². The van der Waals surface area contributed by atoms with Gasteiger partial charge in [0.05, 0.1) is 0 Å². The lowest BCUT2D eigenvalue weighted by Gasteiger charge is -2.39. The Hall–Kier alpha value is -0.570. The third kappa shape index (κ3) is 2.76. The van der Waals surface area contributed by atoms with Crippen molar-refractivity contribution < 1.29 is 4.79 Å². The summed E-state index contributed by atoms with van der Waals surface area (Å²) in [5.74, 6) is 2.05. The molecule has 0 aromatic rings. The first kappa shape index (κ1) is 11.9. The topological polar surface area (TPSA) is 41.1 Å². The van der Waals surface area contributed by atoms with Crippen molar-refractivity contribution in [3.05, 3.63) is 0 Å². The molecule has 2 bridgehead atoms. The van der Waals surface area contributed by atoms with Crippen LogP contribution in [0.3, 0.4) is 0 Å². The number of amides is 1. The van der Waals surface area contributed by atoms with E-state index in [4.69, 9.17) is 0 Å². The van der Waals surface area contributed by atoms with Crippen LogP contribution in [0.4, 0.5) is 0 Å². The number of rotatable bonds is 3. The molecule has 1 aliphatic heterocycles. The molecule has 0 aromatic heterocycles. The second-order valence-corrected chi connectivity index (χ2v) is 5.61. The van der Waals surface area contributed by atoms with Crippen molar-refractivity contribution in [2.45, 2.75) is 45.6 Å². The fourth-order valence-corrected chi connectivity index (χ4v) is 3.07. The summed E-state index contributed by atoms with van der Waals surface area (Å²) in [5, 5.41) is 6.60. The summed E-state index contributed by atoms with van der Waals surface area (Å²) < 4.78 is 0. The SMILES string of the molecule is CCC(C)NC(=O)C1CC2CNCC(C2)C1. The summed E-state index contributed by atoms with van der Waals surface area (Å²) in [6.45, 7) is 6.43. The van der Waals surface area contributed by atoms with Gasteiger partial charge in [0.1, 0.15) is 0 Å². The summed E-state index contributed by atoms with van der Waals surface area (Å²) in [6, 6.07) is 0.326. The third-order valence-corrected chi connectivity index (χ3v) is 4.14. The van der Waals surface area contributed by atoms with Gasteiger partial charge in [0.15, 0.2) is 0 Å². The first-order valence-electron chi connectivity index (χ1n) is 6.70. The number of hydrogen-bond donors (Lipinski definition) is 2. The summed E-state index contributed by atoms with van der Waals surface area (Å²) in [4.78, 5) is 12.1. The number of piperidine rings is 1. The van der Waals surface area contributed by atoms with Crippen molar-refractivity contribution in [1.29, 1.82) is 0 Å². The van der Waals surface area contributed by atoms with E-state index in [1.54, 1.807) is 0 Å². The minimum absolute atomic E-state index is 0.278. The molecule has 0 spiro atoms. The Labute approximate surface area is 98.4 Å². The van der Waals surface area contributed by atoms with Crippen LogP contribution in [0.5, 0.6) is 0 Å². The lowest BCUT2D eigenvalue weighted by molar-refractivity contribution is -0.128. The smallest absolute Gasteiger partial charge is 0.223 e. The molecule has 3 atom stereocenters. The molecule has 2 rings (SSSR count). The van der Waals surface area contributed by atoms with E-state index < -0.39 is 0 Å². The molecule has 2 N–H and O–H groups in total. The summed E-state index contributed by atoms with van der Waals surface area (Å²) in [5.41, 5.74) is 0. The van der Waals surface area contributed by atoms with Gasteiger partial charge in [-0.2, -0.15) is 0 Å².